The van der Waals surface area contributed by atoms with Crippen molar-refractivity contribution < 1.29 is 0 Å². The van der Waals surface area contributed by atoms with Gasteiger partial charge < -0.3 is 0 Å². The fraction of sp³-hybridized carbons (Fsp3) is 0. The van der Waals surface area contributed by atoms with Gasteiger partial charge in [0.1, 0.15) is 0 Å². The van der Waals surface area contributed by atoms with Gasteiger partial charge in [0.2, 0.25) is 0 Å². The molecule has 0 nitrogen and oxygen atoms in total. The predicted octanol–water partition coefficient (Wildman–Crippen LogP) is 7.19. The van der Waals surface area contributed by atoms with Crippen molar-refractivity contribution in [1.29, 1.82) is 0 Å². The fourth-order valence-electron chi connectivity index (χ4n) is 5.33. The van der Waals surface area contributed by atoms with Crippen LogP contribution in [0.2, 0.25) is 0 Å². The summed E-state index contributed by atoms with van der Waals surface area (Å²) in [5.74, 6) is 0. The molecule has 4 aliphatic carbocycles. The van der Waals surface area contributed by atoms with Crippen LogP contribution in [0.4, 0.5) is 0 Å². The van der Waals surface area contributed by atoms with Crippen LogP contribution in [0.1, 0.15) is 0 Å². The summed E-state index contributed by atoms with van der Waals surface area (Å²) in [6, 6.07) is 35.7. The Morgan fingerprint density at radius 3 is 0.500 bits per heavy atom. The van der Waals surface area contributed by atoms with Gasteiger partial charge in [-0.2, -0.15) is 0 Å². The molecular weight excluding hydrogens is 336 g/mol. The molecule has 0 saturated heterocycles. The SMILES string of the molecule is c1ccc2c3c4ccccc4c(c2c1)=c1c2ccccc2c=3c2ccccc12. The Morgan fingerprint density at radius 1 is 0.214 bits per heavy atom. The van der Waals surface area contributed by atoms with Crippen LogP contribution in [0.5, 0.6) is 0 Å². The van der Waals surface area contributed by atoms with E-state index in [2.05, 4.69) is 97.1 Å². The molecule has 0 heteroatoms. The van der Waals surface area contributed by atoms with Crippen LogP contribution < -0.4 is 0 Å². The summed E-state index contributed by atoms with van der Waals surface area (Å²) in [4.78, 5) is 0. The summed E-state index contributed by atoms with van der Waals surface area (Å²) in [7, 11) is 0. The van der Waals surface area contributed by atoms with Gasteiger partial charge in [-0.1, -0.05) is 97.1 Å². The van der Waals surface area contributed by atoms with E-state index in [-0.39, 0.29) is 0 Å². The average Bonchev–Trinajstić information content (AvgIpc) is 2.74. The van der Waals surface area contributed by atoms with Crippen LogP contribution >= 0.6 is 0 Å². The van der Waals surface area contributed by atoms with Crippen molar-refractivity contribution in [2.75, 3.05) is 0 Å². The molecule has 28 heavy (non-hydrogen) atoms. The standard InChI is InChI=1S/C28H16/c1-2-10-18-17(9-1)25-19-11-3-4-12-20(19)26(18)28-23-15-7-5-13-21(23)27(25)22-14-6-8-16-24(22)28/h1-16H. The molecule has 6 aromatic carbocycles. The van der Waals surface area contributed by atoms with Gasteiger partial charge in [-0.3, -0.25) is 0 Å². The first-order valence-electron chi connectivity index (χ1n) is 9.81. The quantitative estimate of drug-likeness (QED) is 0.253. The number of hydrogen-bond donors (Lipinski definition) is 0. The average molecular weight is 352 g/mol. The Morgan fingerprint density at radius 2 is 0.357 bits per heavy atom. The topological polar surface area (TPSA) is 0 Å². The van der Waals surface area contributed by atoms with Gasteiger partial charge in [0, 0.05) is 0 Å². The molecular formula is C28H16. The third-order valence-electron chi connectivity index (χ3n) is 6.36. The molecule has 128 valence electrons. The van der Waals surface area contributed by atoms with Crippen molar-refractivity contribution in [3.63, 3.8) is 0 Å². The largest absolute Gasteiger partial charge is 0.0616 e. The van der Waals surface area contributed by atoms with Crippen molar-refractivity contribution in [3.05, 3.63) is 118 Å². The van der Waals surface area contributed by atoms with Crippen LogP contribution in [-0.2, 0) is 0 Å². The van der Waals surface area contributed by atoms with Gasteiger partial charge in [-0.05, 0) is 64.0 Å². The molecule has 4 aliphatic rings. The zero-order chi connectivity index (χ0) is 18.2. The molecule has 0 fully saturated rings. The van der Waals surface area contributed by atoms with E-state index in [4.69, 9.17) is 0 Å². The maximum atomic E-state index is 2.29. The fourth-order valence-corrected chi connectivity index (χ4v) is 5.33. The molecule has 0 saturated carbocycles. The second-order valence-electron chi connectivity index (χ2n) is 7.68. The lowest BCUT2D eigenvalue weighted by atomic mass is 9.87. The van der Waals surface area contributed by atoms with Crippen LogP contribution in [0, 0.1) is 20.9 Å². The lowest BCUT2D eigenvalue weighted by molar-refractivity contribution is 1.56. The lowest BCUT2D eigenvalue weighted by Gasteiger charge is -2.16. The van der Waals surface area contributed by atoms with Crippen molar-refractivity contribution in [1.82, 2.24) is 0 Å². The van der Waals surface area contributed by atoms with Gasteiger partial charge in [0.15, 0.2) is 0 Å². The first-order valence-corrected chi connectivity index (χ1v) is 9.81. The van der Waals surface area contributed by atoms with Gasteiger partial charge in [-0.25, -0.2) is 0 Å². The zero-order valence-corrected chi connectivity index (χ0v) is 15.2. The Balaban J connectivity index is 2.20. The highest BCUT2D eigenvalue weighted by molar-refractivity contribution is 6.09. The molecule has 0 N–H and O–H groups in total. The van der Waals surface area contributed by atoms with E-state index in [1.165, 1.54) is 64.0 Å². The molecule has 0 unspecified atom stereocenters. The normalized spacial score (nSPS) is 12.3. The van der Waals surface area contributed by atoms with E-state index < -0.39 is 0 Å². The van der Waals surface area contributed by atoms with E-state index in [1.54, 1.807) is 0 Å². The Hall–Kier alpha value is -3.64. The highest BCUT2D eigenvalue weighted by Crippen LogP contribution is 2.37. The van der Waals surface area contributed by atoms with E-state index in [0.29, 0.717) is 0 Å². The van der Waals surface area contributed by atoms with E-state index in [9.17, 15) is 0 Å². The molecule has 0 aliphatic heterocycles. The summed E-state index contributed by atoms with van der Waals surface area (Å²) in [5, 5.41) is 16.3. The van der Waals surface area contributed by atoms with E-state index in [1.807, 2.05) is 0 Å². The highest BCUT2D eigenvalue weighted by atomic mass is 14.2. The summed E-state index contributed by atoms with van der Waals surface area (Å²) in [6.07, 6.45) is 0. The maximum Gasteiger partial charge on any atom is -0.00139 e. The van der Waals surface area contributed by atoms with E-state index in [0.717, 1.165) is 0 Å². The van der Waals surface area contributed by atoms with Crippen LogP contribution in [-0.4, -0.2) is 0 Å². The molecule has 0 radical (unpaired) electrons. The maximum absolute atomic E-state index is 2.29. The van der Waals surface area contributed by atoms with Crippen LogP contribution in [0.15, 0.2) is 97.1 Å². The summed E-state index contributed by atoms with van der Waals surface area (Å²) in [6.45, 7) is 0. The smallest absolute Gasteiger partial charge is 0.00139 e. The number of rotatable bonds is 0. The Labute approximate surface area is 161 Å². The minimum atomic E-state index is 1.35. The van der Waals surface area contributed by atoms with E-state index >= 15 is 0 Å². The molecule has 0 atom stereocenters. The first-order chi connectivity index (χ1) is 13.9. The van der Waals surface area contributed by atoms with Crippen molar-refractivity contribution in [2.45, 2.75) is 0 Å². The third kappa shape index (κ3) is 1.58. The lowest BCUT2D eigenvalue weighted by Crippen LogP contribution is -1.95. The highest BCUT2D eigenvalue weighted by Gasteiger charge is 2.15. The molecule has 4 bridgehead atoms. The molecule has 0 heterocycles. The monoisotopic (exact) mass is 352 g/mol. The number of hydrogen-bond acceptors (Lipinski definition) is 0. The van der Waals surface area contributed by atoms with Crippen molar-refractivity contribution >= 4 is 43.1 Å². The summed E-state index contributed by atoms with van der Waals surface area (Å²) < 4.78 is 0. The van der Waals surface area contributed by atoms with Crippen LogP contribution in [0.25, 0.3) is 43.1 Å². The molecule has 6 aromatic rings. The van der Waals surface area contributed by atoms with Crippen molar-refractivity contribution in [2.24, 2.45) is 0 Å². The zero-order valence-electron chi connectivity index (χ0n) is 15.2. The predicted molar refractivity (Wildman–Crippen MR) is 118 cm³/mol. The molecule has 0 spiro atoms. The van der Waals surface area contributed by atoms with Gasteiger partial charge in [0.25, 0.3) is 0 Å². The third-order valence-corrected chi connectivity index (χ3v) is 6.36. The van der Waals surface area contributed by atoms with Crippen LogP contribution in [0.3, 0.4) is 0 Å². The minimum Gasteiger partial charge on any atom is -0.0616 e. The molecule has 0 amide bonds. The minimum absolute atomic E-state index is 1.35. The number of benzene rings is 6. The molecule has 10 rings (SSSR count). The summed E-state index contributed by atoms with van der Waals surface area (Å²) in [5.41, 5.74) is 0. The Kier molecular flexibility index (Phi) is 2.57. The van der Waals surface area contributed by atoms with Gasteiger partial charge in [-0.15, -0.1) is 0 Å². The van der Waals surface area contributed by atoms with Gasteiger partial charge >= 0.3 is 0 Å². The second-order valence-corrected chi connectivity index (χ2v) is 7.68. The van der Waals surface area contributed by atoms with Crippen molar-refractivity contribution in [3.8, 4) is 0 Å². The Bertz CT molecular complexity index is 1410. The van der Waals surface area contributed by atoms with Gasteiger partial charge in [0.05, 0.1) is 0 Å². The molecule has 0 aromatic heterocycles. The second kappa shape index (κ2) is 4.99. The first kappa shape index (κ1) is 14.4. The summed E-state index contributed by atoms with van der Waals surface area (Å²) >= 11 is 0.